The van der Waals surface area contributed by atoms with Crippen molar-refractivity contribution in [2.75, 3.05) is 178 Å². The van der Waals surface area contributed by atoms with Gasteiger partial charge in [-0.3, -0.25) is 19.9 Å². The van der Waals surface area contributed by atoms with Crippen LogP contribution >= 0.6 is 11.6 Å². The molecule has 88 heavy (non-hydrogen) atoms. The molecule has 4 aromatic carbocycles. The van der Waals surface area contributed by atoms with E-state index in [0.29, 0.717) is 196 Å². The number of esters is 2. The van der Waals surface area contributed by atoms with Gasteiger partial charge in [0.25, 0.3) is 11.2 Å². The number of H-pyrrole nitrogens is 1. The summed E-state index contributed by atoms with van der Waals surface area (Å²) in [6.07, 6.45) is 3.04. The lowest BCUT2D eigenvalue weighted by molar-refractivity contribution is -0.385. The van der Waals surface area contributed by atoms with E-state index < -0.39 is 22.5 Å². The zero-order valence-electron chi connectivity index (χ0n) is 48.9. The Bertz CT molecular complexity index is 3230. The number of aromatic amines is 1. The molecule has 0 unspecified atom stereocenters. The van der Waals surface area contributed by atoms with Gasteiger partial charge in [-0.05, 0) is 32.0 Å². The number of pyridine rings is 1. The van der Waals surface area contributed by atoms with E-state index in [9.17, 15) is 24.5 Å². The molecule has 6 aromatic rings. The number of nitrogens with two attached hydrogens (primary N) is 1. The Morgan fingerprint density at radius 2 is 0.818 bits per heavy atom. The van der Waals surface area contributed by atoms with Crippen LogP contribution in [0.4, 0.5) is 11.4 Å². The van der Waals surface area contributed by atoms with Crippen LogP contribution in [-0.2, 0) is 47.4 Å². The number of hydrogen-bond acceptors (Lipinski definition) is 26. The first kappa shape index (κ1) is 67.4. The molecule has 0 atom stereocenters. The summed E-state index contributed by atoms with van der Waals surface area (Å²) in [6, 6.07) is 14.3. The summed E-state index contributed by atoms with van der Waals surface area (Å²) >= 11 is 6.20. The third-order valence-corrected chi connectivity index (χ3v) is 12.5. The largest absolute Gasteiger partial charge is 0.487 e. The minimum atomic E-state index is -0.790. The number of nitrogens with zero attached hydrogens (tertiary/aromatic N) is 3. The molecule has 0 amide bonds. The molecule has 0 fully saturated rings. The highest BCUT2D eigenvalue weighted by Gasteiger charge is 2.27. The highest BCUT2D eigenvalue weighted by molar-refractivity contribution is 6.35. The molecular formula is C59H72ClN5O23. The number of ether oxygens (including phenoxy) is 18. The van der Waals surface area contributed by atoms with E-state index in [1.54, 1.807) is 44.3 Å². The summed E-state index contributed by atoms with van der Waals surface area (Å²) in [6.45, 7) is 13.9. The van der Waals surface area contributed by atoms with Crippen LogP contribution in [0, 0.1) is 10.1 Å². The molecule has 10 rings (SSSR count). The van der Waals surface area contributed by atoms with Crippen LogP contribution in [0.15, 0.2) is 71.9 Å². The molecule has 4 aliphatic heterocycles. The Kier molecular flexibility index (Phi) is 28.8. The van der Waals surface area contributed by atoms with Crippen molar-refractivity contribution in [3.05, 3.63) is 104 Å². The van der Waals surface area contributed by atoms with E-state index in [0.717, 1.165) is 17.0 Å². The number of halogens is 1. The molecule has 0 spiro atoms. The van der Waals surface area contributed by atoms with E-state index >= 15 is 0 Å². The normalized spacial score (nSPS) is 16.4. The van der Waals surface area contributed by atoms with Crippen LogP contribution in [0.5, 0.6) is 46.0 Å². The fourth-order valence-electron chi connectivity index (χ4n) is 8.10. The maximum atomic E-state index is 12.0. The van der Waals surface area contributed by atoms with Gasteiger partial charge in [-0.2, -0.15) is 0 Å². The van der Waals surface area contributed by atoms with E-state index in [-0.39, 0.29) is 60.3 Å². The number of hydrogen-bond donors (Lipinski definition) is 2. The lowest BCUT2D eigenvalue weighted by atomic mass is 10.1. The first-order valence-corrected chi connectivity index (χ1v) is 28.8. The first-order chi connectivity index (χ1) is 43.0. The first-order valence-electron chi connectivity index (χ1n) is 28.4. The molecule has 2 aromatic heterocycles. The number of anilines is 1. The molecule has 0 saturated heterocycles. The number of benzene rings is 4. The molecular weight excluding hydrogens is 1180 g/mol. The summed E-state index contributed by atoms with van der Waals surface area (Å²) < 4.78 is 97.8. The number of nitrogen functional groups attached to an aromatic ring is 1. The third kappa shape index (κ3) is 21.7. The van der Waals surface area contributed by atoms with E-state index in [4.69, 9.17) is 103 Å². The number of fused-ring (bicyclic) bond motifs is 6. The summed E-state index contributed by atoms with van der Waals surface area (Å²) in [4.78, 5) is 57.2. The van der Waals surface area contributed by atoms with Crippen LogP contribution in [0.25, 0.3) is 21.8 Å². The van der Waals surface area contributed by atoms with E-state index in [2.05, 4.69) is 15.0 Å². The summed E-state index contributed by atoms with van der Waals surface area (Å²) in [5.74, 6) is 2.33. The Morgan fingerprint density at radius 3 is 1.23 bits per heavy atom. The van der Waals surface area contributed by atoms with Gasteiger partial charge in [0.1, 0.15) is 58.4 Å². The van der Waals surface area contributed by atoms with Gasteiger partial charge in [-0.1, -0.05) is 11.6 Å². The topological polar surface area (TPSA) is 328 Å². The van der Waals surface area contributed by atoms with Crippen molar-refractivity contribution in [2.24, 2.45) is 0 Å². The van der Waals surface area contributed by atoms with Gasteiger partial charge in [-0.25, -0.2) is 14.6 Å². The Hall–Kier alpha value is -8.06. The van der Waals surface area contributed by atoms with Crippen LogP contribution < -0.4 is 49.2 Å². The Labute approximate surface area is 510 Å². The minimum absolute atomic E-state index is 0.107. The molecule has 0 saturated carbocycles. The molecule has 3 N–H and O–H groups in total. The molecule has 0 aliphatic carbocycles. The highest BCUT2D eigenvalue weighted by Crippen LogP contribution is 2.38. The second kappa shape index (κ2) is 37.6. The van der Waals surface area contributed by atoms with Gasteiger partial charge in [0.15, 0.2) is 46.0 Å². The van der Waals surface area contributed by atoms with Gasteiger partial charge in [0.05, 0.1) is 169 Å². The van der Waals surface area contributed by atoms with Gasteiger partial charge < -0.3 is 96.0 Å². The quantitative estimate of drug-likeness (QED) is 0.0834. The number of rotatable bonds is 5. The maximum Gasteiger partial charge on any atom is 0.345 e. The van der Waals surface area contributed by atoms with Crippen LogP contribution in [0.3, 0.4) is 0 Å². The zero-order valence-corrected chi connectivity index (χ0v) is 49.7. The smallest absolute Gasteiger partial charge is 0.345 e. The predicted octanol–water partition coefficient (Wildman–Crippen LogP) is 6.25. The molecule has 0 bridgehead atoms. The average Bonchev–Trinajstić information content (AvgIpc) is 2.40. The SMILES string of the molecule is CCOC(=O)c1cc2c(cc1N)OCCOCCOCCO2.CCOC(=O)c1cc2c(cc1[N+](=O)[O-])OCCOCCOCCO2.Clc1ccnc2cc3c(cc12)OCCOCCOCCO3.O=c1[nH]cnc2cc3c(cc12)OCCOCCOCCO3. The van der Waals surface area contributed by atoms with Crippen LogP contribution in [0.2, 0.25) is 5.02 Å². The zero-order chi connectivity index (χ0) is 62.1. The fourth-order valence-corrected chi connectivity index (χ4v) is 8.31. The van der Waals surface area contributed by atoms with Crippen molar-refractivity contribution in [1.29, 1.82) is 0 Å². The van der Waals surface area contributed by atoms with Crippen molar-refractivity contribution in [3.8, 4) is 46.0 Å². The monoisotopic (exact) mass is 1250 g/mol. The number of nitro groups is 1. The maximum absolute atomic E-state index is 12.0. The van der Waals surface area contributed by atoms with Crippen LogP contribution in [0.1, 0.15) is 34.6 Å². The Morgan fingerprint density at radius 1 is 0.489 bits per heavy atom. The molecule has 4 aliphatic rings. The molecule has 6 heterocycles. The van der Waals surface area contributed by atoms with Crippen molar-refractivity contribution in [3.63, 3.8) is 0 Å². The number of nitrogens with one attached hydrogen (secondary N) is 1. The Balaban J connectivity index is 0.000000168. The number of carbonyl (C=O) groups excluding carboxylic acids is 2. The summed E-state index contributed by atoms with van der Waals surface area (Å²) in [7, 11) is 0. The van der Waals surface area contributed by atoms with Crippen molar-refractivity contribution in [1.82, 2.24) is 15.0 Å². The number of nitro benzene ring substituents is 1. The predicted molar refractivity (Wildman–Crippen MR) is 315 cm³/mol. The fraction of sp³-hybridized carbons (Fsp3) is 0.475. The van der Waals surface area contributed by atoms with E-state index in [1.165, 1.54) is 18.5 Å². The average molecular weight is 1250 g/mol. The van der Waals surface area contributed by atoms with Gasteiger partial charge >= 0.3 is 11.9 Å². The molecule has 478 valence electrons. The highest BCUT2D eigenvalue weighted by atomic mass is 35.5. The van der Waals surface area contributed by atoms with Gasteiger partial charge in [-0.15, -0.1) is 0 Å². The number of aromatic nitrogens is 3. The number of carbonyl (C=O) groups is 2. The third-order valence-electron chi connectivity index (χ3n) is 12.2. The van der Waals surface area contributed by atoms with Crippen molar-refractivity contribution < 1.29 is 99.8 Å². The summed E-state index contributed by atoms with van der Waals surface area (Å²) in [5.41, 5.74) is 6.97. The lowest BCUT2D eigenvalue weighted by Gasteiger charge is -2.17. The second-order valence-electron chi connectivity index (χ2n) is 18.2. The molecule has 0 radical (unpaired) electrons. The van der Waals surface area contributed by atoms with Crippen molar-refractivity contribution >= 4 is 56.7 Å². The minimum Gasteiger partial charge on any atom is -0.487 e. The van der Waals surface area contributed by atoms with Gasteiger partial charge in [0.2, 0.25) is 0 Å². The summed E-state index contributed by atoms with van der Waals surface area (Å²) in [5, 5.41) is 13.2. The lowest BCUT2D eigenvalue weighted by Crippen LogP contribution is -2.16. The molecule has 29 heteroatoms. The van der Waals surface area contributed by atoms with E-state index in [1.807, 2.05) is 12.1 Å². The van der Waals surface area contributed by atoms with Gasteiger partial charge in [0, 0.05) is 41.9 Å². The molecule has 28 nitrogen and oxygen atoms in total. The van der Waals surface area contributed by atoms with Crippen LogP contribution in [-0.4, -0.2) is 204 Å². The second-order valence-corrected chi connectivity index (χ2v) is 18.7. The van der Waals surface area contributed by atoms with Crippen molar-refractivity contribution in [2.45, 2.75) is 13.8 Å². The standard InChI is InChI=1S/C15H16ClNO4.C15H19NO8.C15H21NO6.C14H16N2O5/c16-12-1-2-17-13-10-15-14(9-11(12)13)20-7-5-18-3-4-19-6-8-21-15;1-2-22-15(17)11-9-13-14(10-12(11)16(18)19)24-8-6-21-4-3-20-5-7-23-13;1-2-20-15(17)11-9-13-14(10-12(11)16)22-8-6-19-4-3-18-5-7-21-13;17-14-10-7-12-13(8-11(10)15-9-16-14)21-6-4-19-2-1-18-3-5-20-12/h1-2,9-10H,3-8H2;9-10H,2-8H2,1H3;9-10H,2-8,16H2,1H3;7-9H,1-6H2,(H,15,16,17).